The summed E-state index contributed by atoms with van der Waals surface area (Å²) in [6.45, 7) is 0. The van der Waals surface area contributed by atoms with Crippen LogP contribution in [-0.4, -0.2) is 10.2 Å². The smallest absolute Gasteiger partial charge is 0.120 e. The maximum atomic E-state index is 9.62. The fraction of sp³-hybridized carbons (Fsp3) is 0.0909. The zero-order chi connectivity index (χ0) is 10.8. The van der Waals surface area contributed by atoms with E-state index in [-0.39, 0.29) is 23.9 Å². The van der Waals surface area contributed by atoms with Gasteiger partial charge in [-0.15, -0.1) is 23.7 Å². The summed E-state index contributed by atoms with van der Waals surface area (Å²) in [7, 11) is 0. The molecule has 1 heterocycles. The molecule has 5 heteroatoms. The quantitative estimate of drug-likeness (QED) is 0.725. The second kappa shape index (κ2) is 5.21. The van der Waals surface area contributed by atoms with E-state index >= 15 is 0 Å². The van der Waals surface area contributed by atoms with Gasteiger partial charge in [0.15, 0.2) is 0 Å². The summed E-state index contributed by atoms with van der Waals surface area (Å²) >= 11 is 1.52. The summed E-state index contributed by atoms with van der Waals surface area (Å²) in [5, 5.41) is 20.9. The SMILES string of the molecule is Cl.N[C@@H](c1cccs1)c1cc(O)ccc1O. The highest BCUT2D eigenvalue weighted by Crippen LogP contribution is 2.32. The molecule has 0 aliphatic carbocycles. The lowest BCUT2D eigenvalue weighted by molar-refractivity contribution is 0.452. The van der Waals surface area contributed by atoms with E-state index in [1.807, 2.05) is 17.5 Å². The lowest BCUT2D eigenvalue weighted by Crippen LogP contribution is -2.10. The molecule has 0 saturated heterocycles. The van der Waals surface area contributed by atoms with Crippen LogP contribution in [0.1, 0.15) is 16.5 Å². The van der Waals surface area contributed by atoms with Crippen LogP contribution < -0.4 is 5.73 Å². The first-order valence-corrected chi connectivity index (χ1v) is 5.37. The van der Waals surface area contributed by atoms with E-state index in [9.17, 15) is 10.2 Å². The van der Waals surface area contributed by atoms with Gasteiger partial charge in [-0.3, -0.25) is 0 Å². The molecule has 16 heavy (non-hydrogen) atoms. The second-order valence-corrected chi connectivity index (χ2v) is 4.22. The van der Waals surface area contributed by atoms with Crippen molar-refractivity contribution < 1.29 is 10.2 Å². The highest BCUT2D eigenvalue weighted by molar-refractivity contribution is 7.10. The minimum atomic E-state index is -0.392. The van der Waals surface area contributed by atoms with Gasteiger partial charge in [0.05, 0.1) is 6.04 Å². The molecule has 0 fully saturated rings. The van der Waals surface area contributed by atoms with E-state index in [0.717, 1.165) is 4.88 Å². The summed E-state index contributed by atoms with van der Waals surface area (Å²) in [5.74, 6) is 0.212. The Morgan fingerprint density at radius 2 is 1.94 bits per heavy atom. The second-order valence-electron chi connectivity index (χ2n) is 3.24. The van der Waals surface area contributed by atoms with Gasteiger partial charge in [0, 0.05) is 10.4 Å². The third-order valence-corrected chi connectivity index (χ3v) is 3.15. The molecular weight excluding hydrogens is 246 g/mol. The first-order valence-electron chi connectivity index (χ1n) is 4.49. The largest absolute Gasteiger partial charge is 0.508 e. The molecule has 0 aliphatic rings. The molecule has 0 saturated carbocycles. The Morgan fingerprint density at radius 1 is 1.19 bits per heavy atom. The lowest BCUT2D eigenvalue weighted by Gasteiger charge is -2.12. The third-order valence-electron chi connectivity index (χ3n) is 2.20. The van der Waals surface area contributed by atoms with Gasteiger partial charge in [-0.2, -0.15) is 0 Å². The molecule has 1 aromatic carbocycles. The van der Waals surface area contributed by atoms with Crippen LogP contribution in [0, 0.1) is 0 Å². The Balaban J connectivity index is 0.00000128. The molecule has 2 rings (SSSR count). The van der Waals surface area contributed by atoms with Crippen LogP contribution in [0.25, 0.3) is 0 Å². The highest BCUT2D eigenvalue weighted by atomic mass is 35.5. The van der Waals surface area contributed by atoms with Crippen molar-refractivity contribution in [1.82, 2.24) is 0 Å². The van der Waals surface area contributed by atoms with Crippen molar-refractivity contribution in [3.05, 3.63) is 46.2 Å². The predicted molar refractivity (Wildman–Crippen MR) is 67.4 cm³/mol. The molecule has 0 unspecified atom stereocenters. The van der Waals surface area contributed by atoms with Crippen molar-refractivity contribution in [2.24, 2.45) is 5.73 Å². The van der Waals surface area contributed by atoms with Crippen LogP contribution in [-0.2, 0) is 0 Å². The molecule has 0 aliphatic heterocycles. The van der Waals surface area contributed by atoms with Gasteiger partial charge in [0.25, 0.3) is 0 Å². The van der Waals surface area contributed by atoms with Crippen LogP contribution in [0.2, 0.25) is 0 Å². The van der Waals surface area contributed by atoms with E-state index in [2.05, 4.69) is 0 Å². The van der Waals surface area contributed by atoms with Crippen LogP contribution in [0.5, 0.6) is 11.5 Å². The number of benzene rings is 1. The number of aromatic hydroxyl groups is 2. The maximum Gasteiger partial charge on any atom is 0.120 e. The van der Waals surface area contributed by atoms with E-state index in [4.69, 9.17) is 5.73 Å². The zero-order valence-electron chi connectivity index (χ0n) is 8.33. The van der Waals surface area contributed by atoms with E-state index in [0.29, 0.717) is 5.56 Å². The molecule has 86 valence electrons. The predicted octanol–water partition coefficient (Wildman–Crippen LogP) is 2.63. The molecule has 4 N–H and O–H groups in total. The first-order chi connectivity index (χ1) is 7.18. The van der Waals surface area contributed by atoms with Gasteiger partial charge < -0.3 is 15.9 Å². The Bertz CT molecular complexity index is 459. The number of rotatable bonds is 2. The fourth-order valence-electron chi connectivity index (χ4n) is 1.41. The van der Waals surface area contributed by atoms with Gasteiger partial charge in [0.1, 0.15) is 11.5 Å². The summed E-state index contributed by atoms with van der Waals surface area (Å²) in [5.41, 5.74) is 6.51. The van der Waals surface area contributed by atoms with Crippen molar-refractivity contribution >= 4 is 23.7 Å². The first kappa shape index (κ1) is 12.8. The van der Waals surface area contributed by atoms with Crippen molar-refractivity contribution in [1.29, 1.82) is 0 Å². The maximum absolute atomic E-state index is 9.62. The molecule has 1 atom stereocenters. The standard InChI is InChI=1S/C11H11NO2S.ClH/c12-11(10-2-1-5-15-10)8-6-7(13)3-4-9(8)14;/h1-6,11,13-14H,12H2;1H/t11-;/m1./s1. The van der Waals surface area contributed by atoms with Gasteiger partial charge in [-0.1, -0.05) is 6.07 Å². The van der Waals surface area contributed by atoms with E-state index < -0.39 is 6.04 Å². The van der Waals surface area contributed by atoms with Crippen LogP contribution >= 0.6 is 23.7 Å². The minimum absolute atomic E-state index is 0. The van der Waals surface area contributed by atoms with Gasteiger partial charge in [-0.25, -0.2) is 0 Å². The number of phenols is 2. The molecule has 0 amide bonds. The van der Waals surface area contributed by atoms with Gasteiger partial charge >= 0.3 is 0 Å². The number of thiophene rings is 1. The number of hydrogen-bond donors (Lipinski definition) is 3. The molecular formula is C11H12ClNO2S. The Morgan fingerprint density at radius 3 is 2.56 bits per heavy atom. The summed E-state index contributed by atoms with van der Waals surface area (Å²) in [4.78, 5) is 0.955. The average Bonchev–Trinajstić information content (AvgIpc) is 2.74. The summed E-state index contributed by atoms with van der Waals surface area (Å²) in [6, 6.07) is 7.77. The monoisotopic (exact) mass is 257 g/mol. The van der Waals surface area contributed by atoms with Crippen molar-refractivity contribution in [3.63, 3.8) is 0 Å². The van der Waals surface area contributed by atoms with E-state index in [1.54, 1.807) is 0 Å². The van der Waals surface area contributed by atoms with Crippen molar-refractivity contribution in [3.8, 4) is 11.5 Å². The molecule has 1 aromatic heterocycles. The number of halogens is 1. The van der Waals surface area contributed by atoms with Gasteiger partial charge in [0.2, 0.25) is 0 Å². The van der Waals surface area contributed by atoms with Crippen LogP contribution in [0.4, 0.5) is 0 Å². The normalized spacial score (nSPS) is 11.8. The minimum Gasteiger partial charge on any atom is -0.508 e. The van der Waals surface area contributed by atoms with Crippen molar-refractivity contribution in [2.45, 2.75) is 6.04 Å². The fourth-order valence-corrected chi connectivity index (χ4v) is 2.16. The third kappa shape index (κ3) is 2.47. The Labute approximate surface area is 104 Å². The number of phenolic OH excluding ortho intramolecular Hbond substituents is 2. The van der Waals surface area contributed by atoms with Crippen LogP contribution in [0.3, 0.4) is 0 Å². The highest BCUT2D eigenvalue weighted by Gasteiger charge is 2.14. The summed E-state index contributed by atoms with van der Waals surface area (Å²) < 4.78 is 0. The molecule has 3 nitrogen and oxygen atoms in total. The molecule has 0 bridgehead atoms. The lowest BCUT2D eigenvalue weighted by atomic mass is 10.0. The molecule has 0 spiro atoms. The summed E-state index contributed by atoms with van der Waals surface area (Å²) in [6.07, 6.45) is 0. The van der Waals surface area contributed by atoms with Crippen LogP contribution in [0.15, 0.2) is 35.7 Å². The van der Waals surface area contributed by atoms with E-state index in [1.165, 1.54) is 29.5 Å². The molecule has 2 aromatic rings. The average molecular weight is 258 g/mol. The Hall–Kier alpha value is -1.23. The zero-order valence-corrected chi connectivity index (χ0v) is 9.96. The number of hydrogen-bond acceptors (Lipinski definition) is 4. The molecule has 0 radical (unpaired) electrons. The Kier molecular flexibility index (Phi) is 4.18. The number of nitrogens with two attached hydrogens (primary N) is 1. The topological polar surface area (TPSA) is 66.5 Å². The van der Waals surface area contributed by atoms with Crippen molar-refractivity contribution in [2.75, 3.05) is 0 Å². The van der Waals surface area contributed by atoms with Gasteiger partial charge in [-0.05, 0) is 29.6 Å².